The summed E-state index contributed by atoms with van der Waals surface area (Å²) >= 11 is 1.81. The van der Waals surface area contributed by atoms with Crippen LogP contribution in [-0.2, 0) is 11.4 Å². The number of carbonyl (C=O) groups is 1. The van der Waals surface area contributed by atoms with Crippen LogP contribution in [0.1, 0.15) is 39.8 Å². The van der Waals surface area contributed by atoms with Gasteiger partial charge in [-0.1, -0.05) is 42.5 Å². The largest absolute Gasteiger partial charge is 0.489 e. The molecule has 0 amide bonds. The van der Waals surface area contributed by atoms with Crippen molar-refractivity contribution in [3.05, 3.63) is 87.6 Å². The van der Waals surface area contributed by atoms with E-state index in [2.05, 4.69) is 48.2 Å². The van der Waals surface area contributed by atoms with Crippen LogP contribution in [0, 0.1) is 12.8 Å². The van der Waals surface area contributed by atoms with Crippen LogP contribution in [0.5, 0.6) is 5.75 Å². The Hall–Kier alpha value is -2.63. The Morgan fingerprint density at radius 1 is 1.10 bits per heavy atom. The lowest BCUT2D eigenvalue weighted by Crippen LogP contribution is -2.39. The maximum Gasteiger partial charge on any atom is 0.306 e. The molecule has 0 spiro atoms. The third-order valence-electron chi connectivity index (χ3n) is 5.70. The Morgan fingerprint density at radius 2 is 1.87 bits per heavy atom. The molecule has 1 aromatic heterocycles. The Kier molecular flexibility index (Phi) is 6.50. The molecule has 1 saturated heterocycles. The number of carboxylic acid groups (broad SMARTS) is 1. The summed E-state index contributed by atoms with van der Waals surface area (Å²) in [7, 11) is 0. The summed E-state index contributed by atoms with van der Waals surface area (Å²) in [5.74, 6) is -0.0444. The number of likely N-dealkylation sites (tertiary alicyclic amines) is 1. The molecule has 1 N–H and O–H groups in total. The van der Waals surface area contributed by atoms with Crippen LogP contribution in [0.25, 0.3) is 0 Å². The van der Waals surface area contributed by atoms with Gasteiger partial charge in [-0.05, 0) is 68.2 Å². The maximum atomic E-state index is 11.4. The molecule has 0 radical (unpaired) electrons. The van der Waals surface area contributed by atoms with Crippen LogP contribution in [0.4, 0.5) is 0 Å². The van der Waals surface area contributed by atoms with Crippen molar-refractivity contribution in [3.63, 3.8) is 0 Å². The van der Waals surface area contributed by atoms with E-state index in [1.54, 1.807) is 0 Å². The van der Waals surface area contributed by atoms with Gasteiger partial charge in [-0.15, -0.1) is 11.3 Å². The Balaban J connectivity index is 1.56. The van der Waals surface area contributed by atoms with E-state index in [0.717, 1.165) is 24.4 Å². The Labute approximate surface area is 181 Å². The van der Waals surface area contributed by atoms with E-state index in [1.807, 2.05) is 41.7 Å². The molecule has 1 aliphatic heterocycles. The monoisotopic (exact) mass is 421 g/mol. The Morgan fingerprint density at radius 3 is 2.53 bits per heavy atom. The second kappa shape index (κ2) is 9.45. The van der Waals surface area contributed by atoms with Gasteiger partial charge in [-0.2, -0.15) is 0 Å². The van der Waals surface area contributed by atoms with Crippen molar-refractivity contribution < 1.29 is 14.6 Å². The minimum atomic E-state index is -0.672. The number of hydrogen-bond donors (Lipinski definition) is 1. The summed E-state index contributed by atoms with van der Waals surface area (Å²) in [5.41, 5.74) is 2.33. The number of nitrogens with zero attached hydrogens (tertiary/aromatic N) is 1. The number of aliphatic carboxylic acids is 1. The van der Waals surface area contributed by atoms with Crippen LogP contribution in [0.2, 0.25) is 0 Å². The van der Waals surface area contributed by atoms with Gasteiger partial charge in [0.2, 0.25) is 0 Å². The molecule has 2 heterocycles. The van der Waals surface area contributed by atoms with Crippen LogP contribution in [0.3, 0.4) is 0 Å². The molecule has 0 aliphatic carbocycles. The highest BCUT2D eigenvalue weighted by Crippen LogP contribution is 2.37. The highest BCUT2D eigenvalue weighted by atomic mass is 32.1. The van der Waals surface area contributed by atoms with Crippen molar-refractivity contribution in [2.24, 2.45) is 5.92 Å². The highest BCUT2D eigenvalue weighted by molar-refractivity contribution is 7.12. The van der Waals surface area contributed by atoms with Crippen LogP contribution in [0.15, 0.2) is 66.7 Å². The number of hydrogen-bond acceptors (Lipinski definition) is 4. The number of carboxylic acids is 1. The van der Waals surface area contributed by atoms with Crippen molar-refractivity contribution in [3.8, 4) is 5.75 Å². The quantitative estimate of drug-likeness (QED) is 0.546. The average molecular weight is 422 g/mol. The van der Waals surface area contributed by atoms with Crippen molar-refractivity contribution >= 4 is 17.3 Å². The molecule has 4 nitrogen and oxygen atoms in total. The number of ether oxygens (including phenoxy) is 1. The SMILES string of the molecule is Cc1ccc(C(c2cccc(OCc3ccccc3)c2)N2CCC(C(=O)O)CC2)s1. The molecule has 3 aromatic rings. The molecule has 0 bridgehead atoms. The molecule has 1 unspecified atom stereocenters. The molecule has 4 rings (SSSR count). The number of rotatable bonds is 7. The van der Waals surface area contributed by atoms with Crippen LogP contribution in [-0.4, -0.2) is 29.1 Å². The molecule has 156 valence electrons. The lowest BCUT2D eigenvalue weighted by molar-refractivity contribution is -0.143. The first-order chi connectivity index (χ1) is 14.6. The van der Waals surface area contributed by atoms with E-state index in [9.17, 15) is 9.90 Å². The van der Waals surface area contributed by atoms with Gasteiger partial charge in [0, 0.05) is 9.75 Å². The third-order valence-corrected chi connectivity index (χ3v) is 6.75. The second-order valence-corrected chi connectivity index (χ2v) is 9.17. The minimum Gasteiger partial charge on any atom is -0.489 e. The normalized spacial score (nSPS) is 16.3. The number of piperidine rings is 1. The van der Waals surface area contributed by atoms with E-state index in [4.69, 9.17) is 4.74 Å². The van der Waals surface area contributed by atoms with Crippen LogP contribution < -0.4 is 4.74 Å². The van der Waals surface area contributed by atoms with Crippen molar-refractivity contribution in [1.29, 1.82) is 0 Å². The van der Waals surface area contributed by atoms with E-state index < -0.39 is 5.97 Å². The van der Waals surface area contributed by atoms with Crippen LogP contribution >= 0.6 is 11.3 Å². The highest BCUT2D eigenvalue weighted by Gasteiger charge is 2.31. The van der Waals surface area contributed by atoms with Crippen molar-refractivity contribution in [2.45, 2.75) is 32.4 Å². The van der Waals surface area contributed by atoms with Gasteiger partial charge >= 0.3 is 5.97 Å². The molecular formula is C25H27NO3S. The molecule has 2 aromatic carbocycles. The van der Waals surface area contributed by atoms with Gasteiger partial charge < -0.3 is 9.84 Å². The number of thiophene rings is 1. The van der Waals surface area contributed by atoms with Gasteiger partial charge in [0.1, 0.15) is 12.4 Å². The molecule has 1 fully saturated rings. The third kappa shape index (κ3) is 4.91. The lowest BCUT2D eigenvalue weighted by Gasteiger charge is -2.36. The van der Waals surface area contributed by atoms with Gasteiger partial charge in [0.05, 0.1) is 12.0 Å². The minimum absolute atomic E-state index is 0.124. The van der Waals surface area contributed by atoms with Gasteiger partial charge in [0.25, 0.3) is 0 Å². The van der Waals surface area contributed by atoms with Crippen molar-refractivity contribution in [1.82, 2.24) is 4.90 Å². The summed E-state index contributed by atoms with van der Waals surface area (Å²) in [6.45, 7) is 4.24. The molecular weight excluding hydrogens is 394 g/mol. The van der Waals surface area contributed by atoms with E-state index in [0.29, 0.717) is 19.4 Å². The fourth-order valence-electron chi connectivity index (χ4n) is 4.08. The van der Waals surface area contributed by atoms with Gasteiger partial charge in [-0.25, -0.2) is 0 Å². The summed E-state index contributed by atoms with van der Waals surface area (Å²) in [5, 5.41) is 9.36. The summed E-state index contributed by atoms with van der Waals surface area (Å²) in [6, 6.07) is 23.0. The molecule has 5 heteroatoms. The zero-order valence-corrected chi connectivity index (χ0v) is 18.0. The molecule has 30 heavy (non-hydrogen) atoms. The predicted octanol–water partition coefficient (Wildman–Crippen LogP) is 5.52. The predicted molar refractivity (Wildman–Crippen MR) is 120 cm³/mol. The van der Waals surface area contributed by atoms with E-state index in [-0.39, 0.29) is 12.0 Å². The molecule has 0 saturated carbocycles. The fraction of sp³-hybridized carbons (Fsp3) is 0.320. The standard InChI is InChI=1S/C25H27NO3S/c1-18-10-11-23(30-18)24(26-14-12-20(13-15-26)25(27)28)21-8-5-9-22(16-21)29-17-19-6-3-2-4-7-19/h2-11,16,20,24H,12-15,17H2,1H3,(H,27,28). The topological polar surface area (TPSA) is 49.8 Å². The molecule has 1 aliphatic rings. The van der Waals surface area contributed by atoms with Gasteiger partial charge in [-0.3, -0.25) is 9.69 Å². The first-order valence-electron chi connectivity index (χ1n) is 10.4. The molecule has 1 atom stereocenters. The number of aryl methyl sites for hydroxylation is 1. The lowest BCUT2D eigenvalue weighted by atomic mass is 9.93. The van der Waals surface area contributed by atoms with Crippen molar-refractivity contribution in [2.75, 3.05) is 13.1 Å². The number of benzene rings is 2. The van der Waals surface area contributed by atoms with E-state index in [1.165, 1.54) is 15.3 Å². The Bertz CT molecular complexity index is 977. The summed E-state index contributed by atoms with van der Waals surface area (Å²) < 4.78 is 6.07. The zero-order chi connectivity index (χ0) is 20.9. The summed E-state index contributed by atoms with van der Waals surface area (Å²) in [4.78, 5) is 16.4. The zero-order valence-electron chi connectivity index (χ0n) is 17.2. The smallest absolute Gasteiger partial charge is 0.306 e. The summed E-state index contributed by atoms with van der Waals surface area (Å²) in [6.07, 6.45) is 1.39. The fourth-order valence-corrected chi connectivity index (χ4v) is 5.12. The van der Waals surface area contributed by atoms with Gasteiger partial charge in [0.15, 0.2) is 0 Å². The second-order valence-electron chi connectivity index (χ2n) is 7.85. The first kappa shape index (κ1) is 20.6. The first-order valence-corrected chi connectivity index (χ1v) is 11.2. The maximum absolute atomic E-state index is 11.4. The van der Waals surface area contributed by atoms with E-state index >= 15 is 0 Å². The average Bonchev–Trinajstić information content (AvgIpc) is 3.19.